The van der Waals surface area contributed by atoms with Crippen molar-refractivity contribution in [1.29, 1.82) is 0 Å². The maximum absolute atomic E-state index is 13.4. The minimum absolute atomic E-state index is 0.0540. The van der Waals surface area contributed by atoms with Gasteiger partial charge in [-0.25, -0.2) is 9.36 Å². The highest BCUT2D eigenvalue weighted by atomic mass is 32.1. The Hall–Kier alpha value is -2.67. The SMILES string of the molecule is Cc1ccc(-n2c(=O)c3sccc3n(CC(=O)N3CCCCC3C)c2=O)cc1C. The Kier molecular flexibility index (Phi) is 5.17. The molecule has 3 aromatic rings. The Bertz CT molecular complexity index is 1200. The zero-order chi connectivity index (χ0) is 20.7. The summed E-state index contributed by atoms with van der Waals surface area (Å²) in [4.78, 5) is 41.3. The first kappa shape index (κ1) is 19.6. The van der Waals surface area contributed by atoms with Crippen LogP contribution in [0.4, 0.5) is 0 Å². The molecule has 2 aromatic heterocycles. The molecule has 1 aliphatic rings. The lowest BCUT2D eigenvalue weighted by Crippen LogP contribution is -2.46. The fourth-order valence-electron chi connectivity index (χ4n) is 4.03. The largest absolute Gasteiger partial charge is 0.338 e. The van der Waals surface area contributed by atoms with Gasteiger partial charge in [0.15, 0.2) is 0 Å². The number of hydrogen-bond donors (Lipinski definition) is 0. The summed E-state index contributed by atoms with van der Waals surface area (Å²) in [5.41, 5.74) is 2.35. The van der Waals surface area contributed by atoms with Crippen molar-refractivity contribution in [1.82, 2.24) is 14.0 Å². The van der Waals surface area contributed by atoms with E-state index in [1.165, 1.54) is 20.5 Å². The normalized spacial score (nSPS) is 17.1. The molecule has 1 aromatic carbocycles. The molecular weight excluding hydrogens is 386 g/mol. The van der Waals surface area contributed by atoms with Gasteiger partial charge in [-0.3, -0.25) is 14.2 Å². The summed E-state index contributed by atoms with van der Waals surface area (Å²) < 4.78 is 3.13. The van der Waals surface area contributed by atoms with Gasteiger partial charge in [-0.2, -0.15) is 0 Å². The molecule has 29 heavy (non-hydrogen) atoms. The van der Waals surface area contributed by atoms with E-state index in [1.807, 2.05) is 30.9 Å². The quantitative estimate of drug-likeness (QED) is 0.665. The predicted octanol–water partition coefficient (Wildman–Crippen LogP) is 3.23. The van der Waals surface area contributed by atoms with Gasteiger partial charge in [-0.15, -0.1) is 11.3 Å². The standard InChI is InChI=1S/C22H25N3O3S/c1-14-7-8-17(12-15(14)2)25-21(27)20-18(9-11-29-20)24(22(25)28)13-19(26)23-10-5-4-6-16(23)3/h7-9,11-12,16H,4-6,10,13H2,1-3H3. The summed E-state index contributed by atoms with van der Waals surface area (Å²) in [6.45, 7) is 6.66. The van der Waals surface area contributed by atoms with Crippen LogP contribution in [0.1, 0.15) is 37.3 Å². The van der Waals surface area contributed by atoms with Crippen molar-refractivity contribution in [2.75, 3.05) is 6.54 Å². The fourth-order valence-corrected chi connectivity index (χ4v) is 4.85. The summed E-state index contributed by atoms with van der Waals surface area (Å²) in [5.74, 6) is -0.0721. The number of carbonyl (C=O) groups excluding carboxylic acids is 1. The molecule has 1 unspecified atom stereocenters. The number of thiophene rings is 1. The molecule has 0 aliphatic carbocycles. The summed E-state index contributed by atoms with van der Waals surface area (Å²) >= 11 is 1.30. The third-order valence-electron chi connectivity index (χ3n) is 5.92. The maximum atomic E-state index is 13.4. The van der Waals surface area contributed by atoms with E-state index in [-0.39, 0.29) is 24.1 Å². The molecule has 152 valence electrons. The number of piperidine rings is 1. The van der Waals surface area contributed by atoms with Gasteiger partial charge in [0.2, 0.25) is 5.91 Å². The molecule has 0 bridgehead atoms. The van der Waals surface area contributed by atoms with Crippen LogP contribution in [0.15, 0.2) is 39.2 Å². The lowest BCUT2D eigenvalue weighted by Gasteiger charge is -2.33. The van der Waals surface area contributed by atoms with Crippen molar-refractivity contribution in [3.63, 3.8) is 0 Å². The van der Waals surface area contributed by atoms with Gasteiger partial charge in [0.25, 0.3) is 5.56 Å². The van der Waals surface area contributed by atoms with Crippen LogP contribution in [-0.4, -0.2) is 32.5 Å². The van der Waals surface area contributed by atoms with Crippen molar-refractivity contribution in [2.45, 2.75) is 52.6 Å². The summed E-state index contributed by atoms with van der Waals surface area (Å²) in [7, 11) is 0. The number of nitrogens with zero attached hydrogens (tertiary/aromatic N) is 3. The number of amides is 1. The van der Waals surface area contributed by atoms with Gasteiger partial charge in [0, 0.05) is 12.6 Å². The second-order valence-electron chi connectivity index (χ2n) is 7.84. The van der Waals surface area contributed by atoms with Crippen LogP contribution in [-0.2, 0) is 11.3 Å². The Morgan fingerprint density at radius 1 is 1.14 bits per heavy atom. The maximum Gasteiger partial charge on any atom is 0.336 e. The first-order valence-electron chi connectivity index (χ1n) is 9.98. The minimum atomic E-state index is -0.470. The number of aryl methyl sites for hydroxylation is 2. The summed E-state index contributed by atoms with van der Waals surface area (Å²) in [5, 5.41) is 1.79. The molecule has 6 nitrogen and oxygen atoms in total. The summed E-state index contributed by atoms with van der Waals surface area (Å²) in [6.07, 6.45) is 3.09. The Morgan fingerprint density at radius 2 is 1.93 bits per heavy atom. The van der Waals surface area contributed by atoms with Crippen molar-refractivity contribution in [3.8, 4) is 5.69 Å². The van der Waals surface area contributed by atoms with E-state index in [1.54, 1.807) is 17.5 Å². The van der Waals surface area contributed by atoms with Gasteiger partial charge >= 0.3 is 5.69 Å². The van der Waals surface area contributed by atoms with Gasteiger partial charge < -0.3 is 4.90 Å². The number of aromatic nitrogens is 2. The highest BCUT2D eigenvalue weighted by Gasteiger charge is 2.25. The molecule has 0 spiro atoms. The molecule has 1 saturated heterocycles. The molecule has 4 rings (SSSR count). The van der Waals surface area contributed by atoms with E-state index < -0.39 is 5.69 Å². The number of carbonyl (C=O) groups is 1. The monoisotopic (exact) mass is 411 g/mol. The van der Waals surface area contributed by atoms with Crippen LogP contribution >= 0.6 is 11.3 Å². The molecule has 0 saturated carbocycles. The van der Waals surface area contributed by atoms with Gasteiger partial charge in [-0.05, 0) is 74.7 Å². The molecule has 1 aliphatic heterocycles. The number of rotatable bonds is 3. The highest BCUT2D eigenvalue weighted by molar-refractivity contribution is 7.17. The Morgan fingerprint density at radius 3 is 2.66 bits per heavy atom. The molecule has 7 heteroatoms. The number of hydrogen-bond acceptors (Lipinski definition) is 4. The first-order valence-corrected chi connectivity index (χ1v) is 10.9. The zero-order valence-electron chi connectivity index (χ0n) is 17.0. The topological polar surface area (TPSA) is 64.3 Å². The van der Waals surface area contributed by atoms with Gasteiger partial charge in [0.1, 0.15) is 11.2 Å². The minimum Gasteiger partial charge on any atom is -0.338 e. The van der Waals surface area contributed by atoms with E-state index in [2.05, 4.69) is 6.92 Å². The van der Waals surface area contributed by atoms with E-state index in [4.69, 9.17) is 0 Å². The third-order valence-corrected chi connectivity index (χ3v) is 6.81. The highest BCUT2D eigenvalue weighted by Crippen LogP contribution is 2.20. The number of benzene rings is 1. The second-order valence-corrected chi connectivity index (χ2v) is 8.76. The number of likely N-dealkylation sites (tertiary alicyclic amines) is 1. The molecule has 3 heterocycles. The molecule has 1 amide bonds. The van der Waals surface area contributed by atoms with E-state index in [0.29, 0.717) is 15.9 Å². The molecule has 1 fully saturated rings. The van der Waals surface area contributed by atoms with Crippen molar-refractivity contribution in [2.24, 2.45) is 0 Å². The molecule has 0 radical (unpaired) electrons. The molecular formula is C22H25N3O3S. The van der Waals surface area contributed by atoms with Crippen molar-refractivity contribution >= 4 is 27.5 Å². The van der Waals surface area contributed by atoms with Crippen LogP contribution in [0.2, 0.25) is 0 Å². The van der Waals surface area contributed by atoms with E-state index in [0.717, 1.165) is 36.9 Å². The smallest absolute Gasteiger partial charge is 0.336 e. The Labute approximate surface area is 173 Å². The fraction of sp³-hybridized carbons (Fsp3) is 0.409. The van der Waals surface area contributed by atoms with Crippen molar-refractivity contribution in [3.05, 3.63) is 61.6 Å². The zero-order valence-corrected chi connectivity index (χ0v) is 17.8. The Balaban J connectivity index is 1.85. The predicted molar refractivity (Wildman–Crippen MR) is 116 cm³/mol. The van der Waals surface area contributed by atoms with Crippen LogP contribution in [0.3, 0.4) is 0 Å². The van der Waals surface area contributed by atoms with E-state index in [9.17, 15) is 14.4 Å². The second kappa shape index (κ2) is 7.63. The average molecular weight is 412 g/mol. The van der Waals surface area contributed by atoms with Gasteiger partial charge in [-0.1, -0.05) is 6.07 Å². The molecule has 1 atom stereocenters. The third kappa shape index (κ3) is 3.44. The van der Waals surface area contributed by atoms with Crippen LogP contribution < -0.4 is 11.2 Å². The average Bonchev–Trinajstić information content (AvgIpc) is 3.18. The van der Waals surface area contributed by atoms with E-state index >= 15 is 0 Å². The summed E-state index contributed by atoms with van der Waals surface area (Å²) in [6, 6.07) is 7.45. The lowest BCUT2D eigenvalue weighted by atomic mass is 10.0. The van der Waals surface area contributed by atoms with Crippen LogP contribution in [0.25, 0.3) is 15.9 Å². The first-order chi connectivity index (χ1) is 13.9. The van der Waals surface area contributed by atoms with Crippen LogP contribution in [0, 0.1) is 13.8 Å². The molecule has 0 N–H and O–H groups in total. The lowest BCUT2D eigenvalue weighted by molar-refractivity contribution is -0.135. The number of fused-ring (bicyclic) bond motifs is 1. The van der Waals surface area contributed by atoms with Gasteiger partial charge in [0.05, 0.1) is 11.2 Å². The van der Waals surface area contributed by atoms with Crippen molar-refractivity contribution < 1.29 is 4.79 Å². The van der Waals surface area contributed by atoms with Crippen LogP contribution in [0.5, 0.6) is 0 Å².